The molecule has 0 saturated carbocycles. The monoisotopic (exact) mass is 554 g/mol. The molecule has 23 heavy (non-hydrogen) atoms. The average Bonchev–Trinajstić information content (AvgIpc) is 2.44. The van der Waals surface area contributed by atoms with Gasteiger partial charge in [-0.2, -0.15) is 0 Å². The lowest BCUT2D eigenvalue weighted by Gasteiger charge is -2.06. The van der Waals surface area contributed by atoms with Gasteiger partial charge in [-0.1, -0.05) is 5.92 Å². The Bertz CT molecular complexity index is 754. The molecule has 7 nitrogen and oxygen atoms in total. The molecule has 2 aromatic rings. The van der Waals surface area contributed by atoms with E-state index in [2.05, 4.69) is 63.6 Å². The van der Waals surface area contributed by atoms with Crippen LogP contribution in [0.3, 0.4) is 0 Å². The molecule has 0 aliphatic heterocycles. The lowest BCUT2D eigenvalue weighted by molar-refractivity contribution is 0.143. The minimum atomic E-state index is -1.06. The molecule has 2 heterocycles. The summed E-state index contributed by atoms with van der Waals surface area (Å²) in [6.07, 6.45) is 3.06. The van der Waals surface area contributed by atoms with Crippen molar-refractivity contribution in [3.63, 3.8) is 0 Å². The number of anilines is 2. The normalized spacial score (nSPS) is 10.2. The van der Waals surface area contributed by atoms with Crippen molar-refractivity contribution in [1.82, 2.24) is 19.9 Å². The largest absolute Gasteiger partial charge is 0.382 e. The smallest absolute Gasteiger partial charge is 0.158 e. The first-order chi connectivity index (χ1) is 10.6. The fourth-order valence-electron chi connectivity index (χ4n) is 1.04. The van der Waals surface area contributed by atoms with Gasteiger partial charge in [-0.15, -0.1) is 0 Å². The number of rotatable bonds is 0. The molecule has 0 atom stereocenters. The third-order valence-electron chi connectivity index (χ3n) is 1.98. The van der Waals surface area contributed by atoms with Gasteiger partial charge >= 0.3 is 0 Å². The van der Waals surface area contributed by atoms with E-state index in [0.717, 1.165) is 3.70 Å². The number of aliphatic hydroxyl groups is 1. The van der Waals surface area contributed by atoms with E-state index in [0.29, 0.717) is 20.7 Å². The number of nitrogens with two attached hydrogens (primary N) is 2. The molecule has 0 fully saturated rings. The Morgan fingerprint density at radius 3 is 2.09 bits per heavy atom. The van der Waals surface area contributed by atoms with Crippen LogP contribution in [0.1, 0.15) is 19.5 Å². The van der Waals surface area contributed by atoms with Crippen LogP contribution in [0.2, 0.25) is 0 Å². The third kappa shape index (κ3) is 7.87. The van der Waals surface area contributed by atoms with Crippen LogP contribution in [-0.2, 0) is 0 Å². The topological polar surface area (TPSA) is 124 Å². The zero-order valence-corrected chi connectivity index (χ0v) is 17.5. The molecule has 0 amide bonds. The van der Waals surface area contributed by atoms with E-state index in [4.69, 9.17) is 11.5 Å². The molecular weight excluding hydrogens is 543 g/mol. The number of hydrogen-bond donors (Lipinski definition) is 3. The summed E-state index contributed by atoms with van der Waals surface area (Å²) in [5.74, 6) is 6.00. The summed E-state index contributed by atoms with van der Waals surface area (Å²) in [6.45, 7) is 3.17. The summed E-state index contributed by atoms with van der Waals surface area (Å²) < 4.78 is 2.00. The molecule has 0 aliphatic carbocycles. The maximum Gasteiger partial charge on any atom is 0.158 e. The third-order valence-corrected chi connectivity index (χ3v) is 3.54. The molecular formula is C13H13Br2IN6O. The summed E-state index contributed by atoms with van der Waals surface area (Å²) in [7, 11) is 0. The quantitative estimate of drug-likeness (QED) is 0.337. The Morgan fingerprint density at radius 2 is 1.61 bits per heavy atom. The van der Waals surface area contributed by atoms with Gasteiger partial charge in [-0.05, 0) is 74.2 Å². The summed E-state index contributed by atoms with van der Waals surface area (Å²) in [5.41, 5.74) is 10.2. The van der Waals surface area contributed by atoms with Crippen molar-refractivity contribution in [2.24, 2.45) is 0 Å². The van der Waals surface area contributed by atoms with Crippen LogP contribution in [0.5, 0.6) is 0 Å². The molecule has 0 saturated heterocycles. The van der Waals surface area contributed by atoms with E-state index in [1.54, 1.807) is 20.0 Å². The maximum absolute atomic E-state index is 9.36. The van der Waals surface area contributed by atoms with E-state index < -0.39 is 5.60 Å². The van der Waals surface area contributed by atoms with E-state index in [-0.39, 0.29) is 5.82 Å². The van der Waals surface area contributed by atoms with Gasteiger partial charge in [0.15, 0.2) is 17.3 Å². The first kappa shape index (κ1) is 20.0. The lowest BCUT2D eigenvalue weighted by atomic mass is 10.1. The summed E-state index contributed by atoms with van der Waals surface area (Å²) in [6, 6.07) is 0. The Balaban J connectivity index is 0.000000253. The molecule has 0 spiro atoms. The number of nitrogens with zero attached hydrogens (tertiary/aromatic N) is 4. The molecule has 5 N–H and O–H groups in total. The molecule has 10 heteroatoms. The van der Waals surface area contributed by atoms with Gasteiger partial charge in [0, 0.05) is 0 Å². The minimum Gasteiger partial charge on any atom is -0.382 e. The van der Waals surface area contributed by atoms with E-state index in [1.807, 2.05) is 22.6 Å². The van der Waals surface area contributed by atoms with Gasteiger partial charge in [0.25, 0.3) is 0 Å². The van der Waals surface area contributed by atoms with E-state index in [1.165, 1.54) is 6.20 Å². The molecule has 0 aliphatic rings. The second-order valence-corrected chi connectivity index (χ2v) is 7.25. The van der Waals surface area contributed by atoms with Crippen LogP contribution < -0.4 is 11.5 Å². The predicted octanol–water partition coefficient (Wildman–Crippen LogP) is 2.37. The van der Waals surface area contributed by atoms with Crippen molar-refractivity contribution in [3.8, 4) is 11.8 Å². The van der Waals surface area contributed by atoms with Crippen molar-refractivity contribution in [1.29, 1.82) is 0 Å². The summed E-state index contributed by atoms with van der Waals surface area (Å²) >= 11 is 8.34. The standard InChI is InChI=1S/C9H10BrN3O.C4H3BrIN3/c1-9(2,14)4-3-6-8(11)12-5-7(10)13-6;5-2-1-8-4(7)3(6)9-2/h5,14H,1-2H3,(H2,11,12);1H,(H2,7,8). The molecule has 2 rings (SSSR count). The number of halogens is 3. The van der Waals surface area contributed by atoms with Crippen molar-refractivity contribution in [3.05, 3.63) is 31.0 Å². The SMILES string of the molecule is CC(C)(O)C#Cc1nc(Br)cnc1N.Nc1ncc(Br)nc1I. The Hall–Kier alpha value is -1.03. The van der Waals surface area contributed by atoms with Crippen LogP contribution in [0, 0.1) is 15.5 Å². The fourth-order valence-corrected chi connectivity index (χ4v) is 2.33. The highest BCUT2D eigenvalue weighted by atomic mass is 127. The molecule has 0 aromatic carbocycles. The second kappa shape index (κ2) is 8.72. The Labute approximate surface area is 164 Å². The van der Waals surface area contributed by atoms with Crippen molar-refractivity contribution in [2.45, 2.75) is 19.4 Å². The Morgan fingerprint density at radius 1 is 1.09 bits per heavy atom. The van der Waals surface area contributed by atoms with Gasteiger partial charge < -0.3 is 16.6 Å². The highest BCUT2D eigenvalue weighted by molar-refractivity contribution is 14.1. The molecule has 2 aromatic heterocycles. The summed E-state index contributed by atoms with van der Waals surface area (Å²) in [5, 5.41) is 9.36. The van der Waals surface area contributed by atoms with Gasteiger partial charge in [0.05, 0.1) is 12.4 Å². The van der Waals surface area contributed by atoms with Gasteiger partial charge in [-0.3, -0.25) is 0 Å². The van der Waals surface area contributed by atoms with Crippen molar-refractivity contribution < 1.29 is 5.11 Å². The average molecular weight is 556 g/mol. The fraction of sp³-hybridized carbons (Fsp3) is 0.231. The van der Waals surface area contributed by atoms with Crippen molar-refractivity contribution in [2.75, 3.05) is 11.5 Å². The van der Waals surface area contributed by atoms with E-state index >= 15 is 0 Å². The van der Waals surface area contributed by atoms with Crippen LogP contribution in [-0.4, -0.2) is 30.6 Å². The first-order valence-electron chi connectivity index (χ1n) is 6.05. The molecule has 122 valence electrons. The van der Waals surface area contributed by atoms with Crippen LogP contribution >= 0.6 is 54.5 Å². The van der Waals surface area contributed by atoms with Gasteiger partial charge in [0.2, 0.25) is 0 Å². The van der Waals surface area contributed by atoms with Crippen LogP contribution in [0.4, 0.5) is 11.6 Å². The number of hydrogen-bond acceptors (Lipinski definition) is 7. The molecule has 0 radical (unpaired) electrons. The maximum atomic E-state index is 9.36. The first-order valence-corrected chi connectivity index (χ1v) is 8.72. The molecule has 0 bridgehead atoms. The van der Waals surface area contributed by atoms with Crippen LogP contribution in [0.25, 0.3) is 0 Å². The Kier molecular flexibility index (Phi) is 7.59. The van der Waals surface area contributed by atoms with E-state index in [9.17, 15) is 5.11 Å². The second-order valence-electron chi connectivity index (χ2n) is 4.60. The highest BCUT2D eigenvalue weighted by Crippen LogP contribution is 2.11. The zero-order valence-electron chi connectivity index (χ0n) is 12.2. The van der Waals surface area contributed by atoms with Crippen molar-refractivity contribution >= 4 is 66.1 Å². The highest BCUT2D eigenvalue weighted by Gasteiger charge is 2.07. The number of aromatic nitrogens is 4. The van der Waals surface area contributed by atoms with Crippen LogP contribution in [0.15, 0.2) is 21.6 Å². The zero-order chi connectivity index (χ0) is 17.6. The predicted molar refractivity (Wildman–Crippen MR) is 104 cm³/mol. The van der Waals surface area contributed by atoms with Gasteiger partial charge in [-0.25, -0.2) is 19.9 Å². The van der Waals surface area contributed by atoms with Gasteiger partial charge in [0.1, 0.15) is 18.5 Å². The summed E-state index contributed by atoms with van der Waals surface area (Å²) in [4.78, 5) is 15.7. The number of nitrogen functional groups attached to an aromatic ring is 2. The molecule has 0 unspecified atom stereocenters. The minimum absolute atomic E-state index is 0.255. The lowest BCUT2D eigenvalue weighted by Crippen LogP contribution is -2.14.